The first-order valence-corrected chi connectivity index (χ1v) is 7.77. The molecule has 1 saturated carbocycles. The summed E-state index contributed by atoms with van der Waals surface area (Å²) in [6.45, 7) is 4.32. The lowest BCUT2D eigenvalue weighted by Gasteiger charge is -2.30. The van der Waals surface area contributed by atoms with Crippen LogP contribution in [0.5, 0.6) is 0 Å². The van der Waals surface area contributed by atoms with Crippen LogP contribution in [0.25, 0.3) is 0 Å². The third kappa shape index (κ3) is 2.02. The summed E-state index contributed by atoms with van der Waals surface area (Å²) < 4.78 is 0. The fourth-order valence-corrected chi connectivity index (χ4v) is 3.43. The number of nitrogens with one attached hydrogen (secondary N) is 1. The van der Waals surface area contributed by atoms with Gasteiger partial charge in [0.05, 0.1) is 11.4 Å². The van der Waals surface area contributed by atoms with Gasteiger partial charge >= 0.3 is 0 Å². The molecule has 2 fully saturated rings. The van der Waals surface area contributed by atoms with Gasteiger partial charge in [-0.15, -0.1) is 0 Å². The highest BCUT2D eigenvalue weighted by atomic mass is 15.3. The van der Waals surface area contributed by atoms with Crippen LogP contribution in [0.3, 0.4) is 0 Å². The largest absolute Gasteiger partial charge is 0.341 e. The van der Waals surface area contributed by atoms with Crippen molar-refractivity contribution in [2.45, 2.75) is 51.0 Å². The van der Waals surface area contributed by atoms with E-state index in [4.69, 9.17) is 9.97 Å². The van der Waals surface area contributed by atoms with Gasteiger partial charge in [-0.1, -0.05) is 6.42 Å². The van der Waals surface area contributed by atoms with Gasteiger partial charge in [0.15, 0.2) is 0 Å². The molecular weight excluding hydrogens is 236 g/mol. The molecule has 0 aromatic carbocycles. The van der Waals surface area contributed by atoms with Crippen molar-refractivity contribution in [2.24, 2.45) is 0 Å². The molecule has 0 unspecified atom stereocenters. The molecular formula is C15H22N4. The van der Waals surface area contributed by atoms with E-state index >= 15 is 0 Å². The van der Waals surface area contributed by atoms with E-state index in [0.717, 1.165) is 38.5 Å². The second-order valence-corrected chi connectivity index (χ2v) is 6.08. The van der Waals surface area contributed by atoms with E-state index in [1.807, 2.05) is 0 Å². The summed E-state index contributed by atoms with van der Waals surface area (Å²) in [6.07, 6.45) is 7.67. The Balaban J connectivity index is 1.75. The molecule has 0 amide bonds. The maximum atomic E-state index is 4.96. The van der Waals surface area contributed by atoms with E-state index in [9.17, 15) is 0 Å². The molecule has 3 heterocycles. The maximum absolute atomic E-state index is 4.96. The van der Waals surface area contributed by atoms with Gasteiger partial charge in [-0.05, 0) is 25.7 Å². The third-order valence-corrected chi connectivity index (χ3v) is 4.83. The lowest BCUT2D eigenvalue weighted by molar-refractivity contribution is 0.404. The number of fused-ring (bicyclic) bond motifs is 1. The molecule has 4 heteroatoms. The van der Waals surface area contributed by atoms with Gasteiger partial charge in [-0.25, -0.2) is 9.97 Å². The number of anilines is 1. The minimum atomic E-state index is 0.706. The Morgan fingerprint density at radius 3 is 2.63 bits per heavy atom. The Kier molecular flexibility index (Phi) is 2.91. The van der Waals surface area contributed by atoms with Crippen molar-refractivity contribution in [3.05, 3.63) is 17.0 Å². The fraction of sp³-hybridized carbons (Fsp3) is 0.733. The summed E-state index contributed by atoms with van der Waals surface area (Å²) in [5, 5.41) is 3.48. The van der Waals surface area contributed by atoms with Crippen LogP contribution in [0, 0.1) is 0 Å². The van der Waals surface area contributed by atoms with Crippen LogP contribution >= 0.6 is 0 Å². The Labute approximate surface area is 114 Å². The third-order valence-electron chi connectivity index (χ3n) is 4.83. The highest BCUT2D eigenvalue weighted by Crippen LogP contribution is 2.39. The molecule has 0 bridgehead atoms. The molecule has 19 heavy (non-hydrogen) atoms. The van der Waals surface area contributed by atoms with Gasteiger partial charge in [-0.2, -0.15) is 0 Å². The average molecular weight is 258 g/mol. The molecule has 4 nitrogen and oxygen atoms in total. The van der Waals surface area contributed by atoms with Crippen LogP contribution in [0.15, 0.2) is 0 Å². The standard InChI is InChI=1S/C15H22N4/c1-2-9-19(8-1)15-17-13-6-7-16-10-12(13)14(18-15)11-4-3-5-11/h11,16H,1-10H2. The summed E-state index contributed by atoms with van der Waals surface area (Å²) in [4.78, 5) is 12.2. The molecule has 0 radical (unpaired) electrons. The summed E-state index contributed by atoms with van der Waals surface area (Å²) in [7, 11) is 0. The Morgan fingerprint density at radius 1 is 1.05 bits per heavy atom. The van der Waals surface area contributed by atoms with Crippen LogP contribution in [-0.2, 0) is 13.0 Å². The second kappa shape index (κ2) is 4.75. The van der Waals surface area contributed by atoms with Crippen molar-refractivity contribution in [1.82, 2.24) is 15.3 Å². The Bertz CT molecular complexity index is 475. The zero-order chi connectivity index (χ0) is 12.7. The van der Waals surface area contributed by atoms with Gasteiger partial charge in [-0.3, -0.25) is 0 Å². The van der Waals surface area contributed by atoms with Crippen molar-refractivity contribution in [3.8, 4) is 0 Å². The normalized spacial score (nSPS) is 23.3. The first kappa shape index (κ1) is 11.6. The van der Waals surface area contributed by atoms with E-state index in [0.29, 0.717) is 5.92 Å². The highest BCUT2D eigenvalue weighted by molar-refractivity contribution is 5.40. The quantitative estimate of drug-likeness (QED) is 0.881. The highest BCUT2D eigenvalue weighted by Gasteiger charge is 2.28. The summed E-state index contributed by atoms with van der Waals surface area (Å²) in [5.41, 5.74) is 4.10. The molecule has 1 saturated heterocycles. The SMILES string of the molecule is C1CC(c2nc(N3CCCC3)nc3c2CNCC3)C1. The van der Waals surface area contributed by atoms with E-state index in [1.54, 1.807) is 0 Å². The Morgan fingerprint density at radius 2 is 1.89 bits per heavy atom. The van der Waals surface area contributed by atoms with Gasteiger partial charge in [0, 0.05) is 44.1 Å². The maximum Gasteiger partial charge on any atom is 0.225 e. The predicted octanol–water partition coefficient (Wildman–Crippen LogP) is 1.99. The molecule has 1 aromatic heterocycles. The van der Waals surface area contributed by atoms with Crippen molar-refractivity contribution in [1.29, 1.82) is 0 Å². The van der Waals surface area contributed by atoms with Crippen LogP contribution in [0.2, 0.25) is 0 Å². The zero-order valence-electron chi connectivity index (χ0n) is 11.5. The van der Waals surface area contributed by atoms with Gasteiger partial charge in [0.25, 0.3) is 0 Å². The molecule has 4 rings (SSSR count). The minimum absolute atomic E-state index is 0.706. The lowest BCUT2D eigenvalue weighted by Crippen LogP contribution is -2.30. The number of hydrogen-bond donors (Lipinski definition) is 1. The van der Waals surface area contributed by atoms with Crippen molar-refractivity contribution >= 4 is 5.95 Å². The first-order valence-electron chi connectivity index (χ1n) is 7.77. The van der Waals surface area contributed by atoms with Gasteiger partial charge in [0.2, 0.25) is 5.95 Å². The van der Waals surface area contributed by atoms with Crippen LogP contribution in [0.4, 0.5) is 5.95 Å². The lowest BCUT2D eigenvalue weighted by atomic mass is 9.80. The van der Waals surface area contributed by atoms with Gasteiger partial charge in [0.1, 0.15) is 0 Å². The molecule has 2 aliphatic heterocycles. The predicted molar refractivity (Wildman–Crippen MR) is 75.5 cm³/mol. The molecule has 102 valence electrons. The van der Waals surface area contributed by atoms with Gasteiger partial charge < -0.3 is 10.2 Å². The van der Waals surface area contributed by atoms with E-state index in [-0.39, 0.29) is 0 Å². The molecule has 1 aromatic rings. The average Bonchev–Trinajstić information content (AvgIpc) is 2.90. The number of rotatable bonds is 2. The topological polar surface area (TPSA) is 41.1 Å². The number of hydrogen-bond acceptors (Lipinski definition) is 4. The van der Waals surface area contributed by atoms with Crippen molar-refractivity contribution in [3.63, 3.8) is 0 Å². The fourth-order valence-electron chi connectivity index (χ4n) is 3.43. The number of aromatic nitrogens is 2. The smallest absolute Gasteiger partial charge is 0.225 e. The first-order chi connectivity index (χ1) is 9.42. The molecule has 0 atom stereocenters. The molecule has 1 N–H and O–H groups in total. The summed E-state index contributed by atoms with van der Waals surface area (Å²) in [6, 6.07) is 0. The minimum Gasteiger partial charge on any atom is -0.341 e. The Hall–Kier alpha value is -1.16. The number of nitrogens with zero attached hydrogens (tertiary/aromatic N) is 3. The molecule has 0 spiro atoms. The van der Waals surface area contributed by atoms with Crippen molar-refractivity contribution < 1.29 is 0 Å². The zero-order valence-corrected chi connectivity index (χ0v) is 11.5. The van der Waals surface area contributed by atoms with Crippen LogP contribution in [0.1, 0.15) is 55.0 Å². The van der Waals surface area contributed by atoms with Crippen LogP contribution < -0.4 is 10.2 Å². The van der Waals surface area contributed by atoms with Crippen LogP contribution in [-0.4, -0.2) is 29.6 Å². The second-order valence-electron chi connectivity index (χ2n) is 6.08. The van der Waals surface area contributed by atoms with Crippen molar-refractivity contribution in [2.75, 3.05) is 24.5 Å². The molecule has 3 aliphatic rings. The summed E-state index contributed by atoms with van der Waals surface area (Å²) >= 11 is 0. The summed E-state index contributed by atoms with van der Waals surface area (Å²) in [5.74, 6) is 1.72. The molecule has 1 aliphatic carbocycles. The monoisotopic (exact) mass is 258 g/mol. The van der Waals surface area contributed by atoms with E-state index in [1.165, 1.54) is 49.1 Å². The van der Waals surface area contributed by atoms with E-state index in [2.05, 4.69) is 10.2 Å². The van der Waals surface area contributed by atoms with E-state index < -0.39 is 0 Å².